The fraction of sp³-hybridized carbons (Fsp3) is 0.438. The molecule has 2 fully saturated rings. The number of amides is 2. The number of hydrogen-bond acceptors (Lipinski definition) is 4. The largest absolute Gasteiger partial charge is 0.419 e. The molecule has 0 aromatic carbocycles. The molecule has 26 heavy (non-hydrogen) atoms. The van der Waals surface area contributed by atoms with Crippen molar-refractivity contribution >= 4 is 17.5 Å². The predicted octanol–water partition coefficient (Wildman–Crippen LogP) is 2.23. The minimum absolute atomic E-state index is 0.0534. The van der Waals surface area contributed by atoms with E-state index >= 15 is 0 Å². The lowest BCUT2D eigenvalue weighted by molar-refractivity contribution is -0.137. The fourth-order valence-corrected chi connectivity index (χ4v) is 3.22. The molecule has 0 unspecified atom stereocenters. The molecule has 7 nitrogen and oxygen atoms in total. The van der Waals surface area contributed by atoms with Gasteiger partial charge in [0.15, 0.2) is 0 Å². The van der Waals surface area contributed by atoms with E-state index in [0.29, 0.717) is 31.9 Å². The third kappa shape index (κ3) is 2.74. The molecule has 0 bridgehead atoms. The maximum atomic E-state index is 13.1. The Balaban J connectivity index is 1.46. The van der Waals surface area contributed by atoms with Crippen molar-refractivity contribution in [1.29, 1.82) is 0 Å². The van der Waals surface area contributed by atoms with Crippen LogP contribution >= 0.6 is 0 Å². The standard InChI is InChI=1S/C16H17F3N6O/c1-22-5-6-24(15(22)26)11-7-21-25(10-11)12-8-23(9-12)14-13(16(17,18)19)3-2-4-20-14/h2-4,7,10,12H,5-6,8-9H2,1H3. The number of carbonyl (C=O) groups excluding carboxylic acids is 1. The molecule has 2 aliphatic heterocycles. The van der Waals surface area contributed by atoms with Crippen LogP contribution in [0.1, 0.15) is 11.6 Å². The van der Waals surface area contributed by atoms with Crippen LogP contribution in [0.15, 0.2) is 30.7 Å². The third-order valence-electron chi connectivity index (χ3n) is 4.74. The number of halogens is 3. The zero-order valence-electron chi connectivity index (χ0n) is 14.0. The number of pyridine rings is 1. The average molecular weight is 366 g/mol. The van der Waals surface area contributed by atoms with Crippen LogP contribution in [0.25, 0.3) is 0 Å². The van der Waals surface area contributed by atoms with Crippen molar-refractivity contribution in [1.82, 2.24) is 19.7 Å². The number of carbonyl (C=O) groups is 1. The van der Waals surface area contributed by atoms with Crippen molar-refractivity contribution in [3.05, 3.63) is 36.3 Å². The Labute approximate surface area is 147 Å². The second-order valence-electron chi connectivity index (χ2n) is 6.47. The molecule has 4 rings (SSSR count). The minimum Gasteiger partial charge on any atom is -0.352 e. The second-order valence-corrected chi connectivity index (χ2v) is 6.47. The lowest BCUT2D eigenvalue weighted by atomic mass is 10.1. The van der Waals surface area contributed by atoms with Crippen molar-refractivity contribution in [2.45, 2.75) is 12.2 Å². The van der Waals surface area contributed by atoms with Crippen molar-refractivity contribution < 1.29 is 18.0 Å². The van der Waals surface area contributed by atoms with Crippen molar-refractivity contribution in [2.24, 2.45) is 0 Å². The van der Waals surface area contributed by atoms with Gasteiger partial charge in [-0.1, -0.05) is 0 Å². The predicted molar refractivity (Wildman–Crippen MR) is 88.1 cm³/mol. The molecule has 138 valence electrons. The van der Waals surface area contributed by atoms with Crippen molar-refractivity contribution in [2.75, 3.05) is 43.0 Å². The number of anilines is 2. The normalized spacial score (nSPS) is 18.6. The maximum Gasteiger partial charge on any atom is 0.419 e. The summed E-state index contributed by atoms with van der Waals surface area (Å²) in [4.78, 5) is 20.8. The number of alkyl halides is 3. The fourth-order valence-electron chi connectivity index (χ4n) is 3.22. The highest BCUT2D eigenvalue weighted by atomic mass is 19.4. The molecule has 2 aromatic heterocycles. The van der Waals surface area contributed by atoms with E-state index in [1.807, 2.05) is 0 Å². The van der Waals surface area contributed by atoms with Crippen LogP contribution in [-0.2, 0) is 6.18 Å². The highest BCUT2D eigenvalue weighted by Crippen LogP contribution is 2.38. The number of hydrogen-bond donors (Lipinski definition) is 0. The quantitative estimate of drug-likeness (QED) is 0.836. The van der Waals surface area contributed by atoms with Crippen LogP contribution in [-0.4, -0.2) is 58.9 Å². The van der Waals surface area contributed by atoms with Gasteiger partial charge in [-0.2, -0.15) is 18.3 Å². The number of urea groups is 1. The number of nitrogens with zero attached hydrogens (tertiary/aromatic N) is 6. The SMILES string of the molecule is CN1CCN(c2cnn(C3CN(c4ncccc4C(F)(F)F)C3)c2)C1=O. The zero-order chi connectivity index (χ0) is 18.5. The summed E-state index contributed by atoms with van der Waals surface area (Å²) < 4.78 is 41.0. The Morgan fingerprint density at radius 2 is 2.00 bits per heavy atom. The molecule has 0 saturated carbocycles. The molecule has 0 radical (unpaired) electrons. The van der Waals surface area contributed by atoms with Gasteiger partial charge >= 0.3 is 12.2 Å². The van der Waals surface area contributed by atoms with Gasteiger partial charge in [-0.15, -0.1) is 0 Å². The Hall–Kier alpha value is -2.78. The first-order valence-corrected chi connectivity index (χ1v) is 8.18. The van der Waals surface area contributed by atoms with Crippen molar-refractivity contribution in [3.63, 3.8) is 0 Å². The Morgan fingerprint density at radius 3 is 2.65 bits per heavy atom. The van der Waals surface area contributed by atoms with Gasteiger partial charge in [0.2, 0.25) is 0 Å². The molecular weight excluding hydrogens is 349 g/mol. The summed E-state index contributed by atoms with van der Waals surface area (Å²) in [6.07, 6.45) is 0.304. The molecule has 2 saturated heterocycles. The molecule has 0 aliphatic carbocycles. The molecule has 0 spiro atoms. The van der Waals surface area contributed by atoms with Gasteiger partial charge in [0.25, 0.3) is 0 Å². The summed E-state index contributed by atoms with van der Waals surface area (Å²) in [5.74, 6) is -0.0556. The highest BCUT2D eigenvalue weighted by Gasteiger charge is 2.39. The first-order chi connectivity index (χ1) is 12.3. The molecule has 0 N–H and O–H groups in total. The van der Waals surface area contributed by atoms with Gasteiger partial charge in [-0.25, -0.2) is 9.78 Å². The Morgan fingerprint density at radius 1 is 1.23 bits per heavy atom. The molecule has 2 aliphatic rings. The summed E-state index contributed by atoms with van der Waals surface area (Å²) in [6, 6.07) is 2.19. The van der Waals surface area contributed by atoms with E-state index in [2.05, 4.69) is 10.1 Å². The Bertz CT molecular complexity index is 829. The number of likely N-dealkylation sites (N-methyl/N-ethyl adjacent to an activating group) is 1. The molecule has 0 atom stereocenters. The van der Waals surface area contributed by atoms with Crippen molar-refractivity contribution in [3.8, 4) is 0 Å². The van der Waals surface area contributed by atoms with Crippen LogP contribution in [0.2, 0.25) is 0 Å². The van der Waals surface area contributed by atoms with E-state index < -0.39 is 11.7 Å². The molecule has 10 heteroatoms. The van der Waals surface area contributed by atoms with Crippen LogP contribution in [0.3, 0.4) is 0 Å². The summed E-state index contributed by atoms with van der Waals surface area (Å²) in [5, 5.41) is 4.28. The van der Waals surface area contributed by atoms with Gasteiger partial charge in [0.05, 0.1) is 23.5 Å². The van der Waals surface area contributed by atoms with E-state index in [9.17, 15) is 18.0 Å². The topological polar surface area (TPSA) is 57.5 Å². The summed E-state index contributed by atoms with van der Waals surface area (Å²) in [5.41, 5.74) is -0.0306. The van der Waals surface area contributed by atoms with E-state index in [1.165, 1.54) is 12.3 Å². The highest BCUT2D eigenvalue weighted by molar-refractivity contribution is 5.93. The molecule has 2 aromatic rings. The third-order valence-corrected chi connectivity index (χ3v) is 4.74. The lowest BCUT2D eigenvalue weighted by Gasteiger charge is -2.40. The average Bonchev–Trinajstić information content (AvgIpc) is 3.14. The summed E-state index contributed by atoms with van der Waals surface area (Å²) in [7, 11) is 1.74. The van der Waals surface area contributed by atoms with Crippen LogP contribution in [0.4, 0.5) is 29.5 Å². The first kappa shape index (κ1) is 16.7. The number of aromatic nitrogens is 3. The van der Waals surface area contributed by atoms with Gasteiger partial charge in [0, 0.05) is 45.6 Å². The van der Waals surface area contributed by atoms with Gasteiger partial charge in [-0.3, -0.25) is 9.58 Å². The molecule has 2 amide bonds. The first-order valence-electron chi connectivity index (χ1n) is 8.18. The Kier molecular flexibility index (Phi) is 3.78. The minimum atomic E-state index is -4.43. The van der Waals surface area contributed by atoms with E-state index in [4.69, 9.17) is 0 Å². The zero-order valence-corrected chi connectivity index (χ0v) is 14.0. The van der Waals surface area contributed by atoms with Crippen LogP contribution in [0, 0.1) is 0 Å². The molecular formula is C16H17F3N6O. The van der Waals surface area contributed by atoms with Gasteiger partial charge in [-0.05, 0) is 12.1 Å². The van der Waals surface area contributed by atoms with Crippen LogP contribution < -0.4 is 9.80 Å². The van der Waals surface area contributed by atoms with Gasteiger partial charge in [0.1, 0.15) is 5.82 Å². The second kappa shape index (κ2) is 5.89. The summed E-state index contributed by atoms with van der Waals surface area (Å²) in [6.45, 7) is 2.02. The summed E-state index contributed by atoms with van der Waals surface area (Å²) >= 11 is 0. The van der Waals surface area contributed by atoms with E-state index in [0.717, 1.165) is 6.07 Å². The number of rotatable bonds is 3. The molecule has 4 heterocycles. The lowest BCUT2D eigenvalue weighted by Crippen LogP contribution is -2.49. The van der Waals surface area contributed by atoms with Gasteiger partial charge < -0.3 is 9.80 Å². The van der Waals surface area contributed by atoms with E-state index in [1.54, 1.807) is 38.8 Å². The van der Waals surface area contributed by atoms with Crippen LogP contribution in [0.5, 0.6) is 0 Å². The maximum absolute atomic E-state index is 13.1. The smallest absolute Gasteiger partial charge is 0.352 e. The van der Waals surface area contributed by atoms with E-state index in [-0.39, 0.29) is 17.9 Å². The monoisotopic (exact) mass is 366 g/mol.